The number of nitrogens with one attached hydrogen (secondary N) is 1. The largest absolute Gasteiger partial charge is 0.382 e. The highest BCUT2D eigenvalue weighted by Crippen LogP contribution is 2.23. The Kier molecular flexibility index (Phi) is 3.52. The third-order valence-corrected chi connectivity index (χ3v) is 2.75. The number of nitrogen functional groups attached to an aromatic ring is 1. The van der Waals surface area contributed by atoms with Crippen molar-refractivity contribution in [1.82, 2.24) is 9.97 Å². The summed E-state index contributed by atoms with van der Waals surface area (Å²) >= 11 is 3.20. The Labute approximate surface area is 110 Å². The van der Waals surface area contributed by atoms with Crippen LogP contribution in [0.2, 0.25) is 0 Å². The maximum atomic E-state index is 13.0. The second-order valence-corrected chi connectivity index (χ2v) is 4.26. The van der Waals surface area contributed by atoms with E-state index in [9.17, 15) is 9.18 Å². The summed E-state index contributed by atoms with van der Waals surface area (Å²) < 4.78 is 13.6. The van der Waals surface area contributed by atoms with Gasteiger partial charge in [0.2, 0.25) is 0 Å². The Bertz CT molecular complexity index is 605. The van der Waals surface area contributed by atoms with Gasteiger partial charge in [-0.05, 0) is 34.1 Å². The Morgan fingerprint density at radius 2 is 2.17 bits per heavy atom. The summed E-state index contributed by atoms with van der Waals surface area (Å²) in [6.45, 7) is 0. The molecule has 5 nitrogen and oxygen atoms in total. The highest BCUT2D eigenvalue weighted by Gasteiger charge is 2.11. The molecule has 0 unspecified atom stereocenters. The third kappa shape index (κ3) is 2.80. The normalized spacial score (nSPS) is 10.1. The number of benzene rings is 1. The molecule has 0 aliphatic heterocycles. The van der Waals surface area contributed by atoms with Crippen molar-refractivity contribution in [3.8, 4) is 0 Å². The van der Waals surface area contributed by atoms with Gasteiger partial charge in [0.25, 0.3) is 5.91 Å². The lowest BCUT2D eigenvalue weighted by Gasteiger charge is -2.07. The SMILES string of the molecule is Nc1cncc(C(=O)Nc2cc(F)ccc2Br)n1. The van der Waals surface area contributed by atoms with Crippen LogP contribution in [-0.4, -0.2) is 15.9 Å². The molecule has 2 rings (SSSR count). The van der Waals surface area contributed by atoms with E-state index in [4.69, 9.17) is 5.73 Å². The van der Waals surface area contributed by atoms with Gasteiger partial charge in [-0.1, -0.05) is 0 Å². The molecule has 0 spiro atoms. The number of amides is 1. The quantitative estimate of drug-likeness (QED) is 0.891. The first-order chi connectivity index (χ1) is 8.56. The van der Waals surface area contributed by atoms with Gasteiger partial charge >= 0.3 is 0 Å². The average molecular weight is 311 g/mol. The maximum Gasteiger partial charge on any atom is 0.275 e. The number of rotatable bonds is 2. The second-order valence-electron chi connectivity index (χ2n) is 3.41. The first-order valence-electron chi connectivity index (χ1n) is 4.90. The van der Waals surface area contributed by atoms with Gasteiger partial charge in [-0.3, -0.25) is 9.78 Å². The van der Waals surface area contributed by atoms with Crippen LogP contribution in [0, 0.1) is 5.82 Å². The van der Waals surface area contributed by atoms with Crippen LogP contribution in [0.4, 0.5) is 15.9 Å². The summed E-state index contributed by atoms with van der Waals surface area (Å²) in [6.07, 6.45) is 2.60. The number of hydrogen-bond donors (Lipinski definition) is 2. The molecule has 0 bridgehead atoms. The van der Waals surface area contributed by atoms with E-state index in [2.05, 4.69) is 31.2 Å². The van der Waals surface area contributed by atoms with Crippen LogP contribution in [0.1, 0.15) is 10.5 Å². The van der Waals surface area contributed by atoms with Gasteiger partial charge in [-0.2, -0.15) is 0 Å². The fourth-order valence-corrected chi connectivity index (χ4v) is 1.62. The summed E-state index contributed by atoms with van der Waals surface area (Å²) in [4.78, 5) is 19.4. The molecule has 0 fully saturated rings. The minimum atomic E-state index is -0.513. The third-order valence-electron chi connectivity index (χ3n) is 2.06. The van der Waals surface area contributed by atoms with Crippen LogP contribution < -0.4 is 11.1 Å². The predicted molar refractivity (Wildman–Crippen MR) is 68.5 cm³/mol. The van der Waals surface area contributed by atoms with Crippen LogP contribution in [-0.2, 0) is 0 Å². The van der Waals surface area contributed by atoms with Gasteiger partial charge in [0.1, 0.15) is 17.3 Å². The summed E-state index contributed by atoms with van der Waals surface area (Å²) in [5, 5.41) is 2.51. The van der Waals surface area contributed by atoms with Crippen molar-refractivity contribution in [2.75, 3.05) is 11.1 Å². The van der Waals surface area contributed by atoms with Crippen LogP contribution in [0.25, 0.3) is 0 Å². The smallest absolute Gasteiger partial charge is 0.275 e. The molecule has 18 heavy (non-hydrogen) atoms. The topological polar surface area (TPSA) is 80.9 Å². The van der Waals surface area contributed by atoms with E-state index >= 15 is 0 Å². The van der Waals surface area contributed by atoms with Gasteiger partial charge < -0.3 is 11.1 Å². The number of anilines is 2. The highest BCUT2D eigenvalue weighted by molar-refractivity contribution is 9.10. The van der Waals surface area contributed by atoms with Crippen molar-refractivity contribution in [1.29, 1.82) is 0 Å². The van der Waals surface area contributed by atoms with E-state index in [0.717, 1.165) is 0 Å². The molecule has 1 heterocycles. The summed E-state index contributed by atoms with van der Waals surface area (Å²) in [6, 6.07) is 3.97. The van der Waals surface area contributed by atoms with Crippen molar-refractivity contribution in [2.24, 2.45) is 0 Å². The standard InChI is InChI=1S/C11H8BrFN4O/c12-7-2-1-6(13)3-8(7)17-11(18)9-4-15-5-10(14)16-9/h1-5H,(H2,14,16)(H,17,18). The molecule has 0 saturated heterocycles. The van der Waals surface area contributed by atoms with E-state index in [0.29, 0.717) is 10.2 Å². The summed E-state index contributed by atoms with van der Waals surface area (Å²) in [5.74, 6) is -0.825. The minimum absolute atomic E-state index is 0.0613. The van der Waals surface area contributed by atoms with Crippen molar-refractivity contribution in [3.63, 3.8) is 0 Å². The molecule has 7 heteroatoms. The number of nitrogens with two attached hydrogens (primary N) is 1. The number of nitrogens with zero attached hydrogens (tertiary/aromatic N) is 2. The van der Waals surface area contributed by atoms with Gasteiger partial charge in [-0.15, -0.1) is 0 Å². The van der Waals surface area contributed by atoms with Crippen molar-refractivity contribution in [2.45, 2.75) is 0 Å². The molecule has 0 atom stereocenters. The van der Waals surface area contributed by atoms with E-state index in [1.807, 2.05) is 0 Å². The zero-order chi connectivity index (χ0) is 13.1. The number of halogens is 2. The molecule has 0 aliphatic carbocycles. The number of carbonyl (C=O) groups is 1. The van der Waals surface area contributed by atoms with Crippen LogP contribution >= 0.6 is 15.9 Å². The lowest BCUT2D eigenvalue weighted by molar-refractivity contribution is 0.102. The Hall–Kier alpha value is -2.02. The Morgan fingerprint density at radius 1 is 1.39 bits per heavy atom. The van der Waals surface area contributed by atoms with Gasteiger partial charge in [-0.25, -0.2) is 9.37 Å². The van der Waals surface area contributed by atoms with Crippen molar-refractivity contribution in [3.05, 3.63) is 46.6 Å². The number of hydrogen-bond acceptors (Lipinski definition) is 4. The molecule has 1 amide bonds. The van der Waals surface area contributed by atoms with Crippen LogP contribution in [0.3, 0.4) is 0 Å². The fraction of sp³-hybridized carbons (Fsp3) is 0. The van der Waals surface area contributed by atoms with E-state index in [1.165, 1.54) is 30.6 Å². The van der Waals surface area contributed by atoms with Gasteiger partial charge in [0.15, 0.2) is 0 Å². The number of carbonyl (C=O) groups excluding carboxylic acids is 1. The summed E-state index contributed by atoms with van der Waals surface area (Å²) in [5.41, 5.74) is 5.79. The first kappa shape index (κ1) is 12.4. The predicted octanol–water partition coefficient (Wildman–Crippen LogP) is 2.21. The monoisotopic (exact) mass is 310 g/mol. The van der Waals surface area contributed by atoms with Crippen molar-refractivity contribution < 1.29 is 9.18 Å². The van der Waals surface area contributed by atoms with Crippen LogP contribution in [0.15, 0.2) is 35.1 Å². The lowest BCUT2D eigenvalue weighted by Crippen LogP contribution is -2.15. The number of aromatic nitrogens is 2. The van der Waals surface area contributed by atoms with Crippen LogP contribution in [0.5, 0.6) is 0 Å². The zero-order valence-electron chi connectivity index (χ0n) is 9.02. The molecule has 0 aliphatic rings. The Morgan fingerprint density at radius 3 is 2.89 bits per heavy atom. The second kappa shape index (κ2) is 5.09. The maximum absolute atomic E-state index is 13.0. The minimum Gasteiger partial charge on any atom is -0.382 e. The van der Waals surface area contributed by atoms with Gasteiger partial charge in [0, 0.05) is 4.47 Å². The molecule has 1 aromatic carbocycles. The molecule has 3 N–H and O–H groups in total. The fourth-order valence-electron chi connectivity index (χ4n) is 1.27. The molecular weight excluding hydrogens is 303 g/mol. The average Bonchev–Trinajstić information content (AvgIpc) is 2.34. The van der Waals surface area contributed by atoms with E-state index in [1.54, 1.807) is 0 Å². The van der Waals surface area contributed by atoms with E-state index < -0.39 is 11.7 Å². The Balaban J connectivity index is 2.24. The molecule has 1 aromatic heterocycles. The highest BCUT2D eigenvalue weighted by atomic mass is 79.9. The first-order valence-corrected chi connectivity index (χ1v) is 5.69. The van der Waals surface area contributed by atoms with Crippen molar-refractivity contribution >= 4 is 33.3 Å². The molecular formula is C11H8BrFN4O. The zero-order valence-corrected chi connectivity index (χ0v) is 10.6. The lowest BCUT2D eigenvalue weighted by atomic mass is 10.3. The molecule has 2 aromatic rings. The van der Waals surface area contributed by atoms with Gasteiger partial charge in [0.05, 0.1) is 18.1 Å². The summed E-state index contributed by atoms with van der Waals surface area (Å²) in [7, 11) is 0. The molecule has 0 saturated carbocycles. The molecule has 92 valence electrons. The van der Waals surface area contributed by atoms with E-state index in [-0.39, 0.29) is 11.5 Å². The molecule has 0 radical (unpaired) electrons.